The van der Waals surface area contributed by atoms with Crippen molar-refractivity contribution in [1.29, 1.82) is 0 Å². The number of carbonyl (C=O) groups is 2. The smallest absolute Gasteiger partial charge is 0.254 e. The van der Waals surface area contributed by atoms with Crippen LogP contribution in [0.1, 0.15) is 53.5 Å². The number of aromatic nitrogens is 3. The molecule has 31 heavy (non-hydrogen) atoms. The van der Waals surface area contributed by atoms with E-state index in [1.54, 1.807) is 12.4 Å². The van der Waals surface area contributed by atoms with Crippen LogP contribution in [0.25, 0.3) is 11.0 Å². The number of pyridine rings is 1. The van der Waals surface area contributed by atoms with Crippen molar-refractivity contribution in [2.75, 3.05) is 19.6 Å². The first kappa shape index (κ1) is 19.7. The topological polar surface area (TPSA) is 82.2 Å². The van der Waals surface area contributed by atoms with Gasteiger partial charge >= 0.3 is 0 Å². The van der Waals surface area contributed by atoms with Crippen molar-refractivity contribution < 1.29 is 9.59 Å². The lowest BCUT2D eigenvalue weighted by molar-refractivity contribution is -0.138. The van der Waals surface area contributed by atoms with Gasteiger partial charge in [0.2, 0.25) is 5.91 Å². The van der Waals surface area contributed by atoms with Gasteiger partial charge in [0, 0.05) is 37.3 Å². The van der Waals surface area contributed by atoms with E-state index in [4.69, 9.17) is 4.98 Å². The molecule has 1 aromatic carbocycles. The highest BCUT2D eigenvalue weighted by Crippen LogP contribution is 2.34. The summed E-state index contributed by atoms with van der Waals surface area (Å²) in [5, 5.41) is 0. The van der Waals surface area contributed by atoms with Crippen LogP contribution in [-0.2, 0) is 4.79 Å². The first-order valence-electron chi connectivity index (χ1n) is 11.1. The van der Waals surface area contributed by atoms with Crippen LogP contribution in [0.5, 0.6) is 0 Å². The Morgan fingerprint density at radius 3 is 2.65 bits per heavy atom. The Kier molecular flexibility index (Phi) is 5.18. The number of benzene rings is 1. The average molecular weight is 418 g/mol. The number of piperidine rings is 1. The number of hydrogen-bond donors (Lipinski definition) is 1. The zero-order valence-corrected chi connectivity index (χ0v) is 17.8. The average Bonchev–Trinajstić information content (AvgIpc) is 3.45. The zero-order valence-electron chi connectivity index (χ0n) is 17.8. The number of likely N-dealkylation sites (tertiary alicyclic amines) is 2. The molecule has 0 aliphatic carbocycles. The maximum atomic E-state index is 13.4. The van der Waals surface area contributed by atoms with Crippen LogP contribution < -0.4 is 0 Å². The SMILES string of the molecule is Cc1ccccc1C(=O)N1CCC(C(=O)N2CCCC2c2nc3ccncc3[nH]2)CC1. The second-order valence-corrected chi connectivity index (χ2v) is 8.59. The van der Waals surface area contributed by atoms with Crippen LogP contribution in [0.2, 0.25) is 0 Å². The fourth-order valence-corrected chi connectivity index (χ4v) is 4.90. The lowest BCUT2D eigenvalue weighted by Crippen LogP contribution is -2.44. The maximum absolute atomic E-state index is 13.4. The van der Waals surface area contributed by atoms with Crippen LogP contribution in [0.4, 0.5) is 0 Å². The zero-order chi connectivity index (χ0) is 21.4. The molecule has 2 aliphatic rings. The maximum Gasteiger partial charge on any atom is 0.254 e. The van der Waals surface area contributed by atoms with E-state index in [0.717, 1.165) is 47.4 Å². The van der Waals surface area contributed by atoms with E-state index in [0.29, 0.717) is 25.9 Å². The van der Waals surface area contributed by atoms with Gasteiger partial charge in [-0.1, -0.05) is 18.2 Å². The Morgan fingerprint density at radius 1 is 1.06 bits per heavy atom. The number of nitrogens with zero attached hydrogens (tertiary/aromatic N) is 4. The van der Waals surface area contributed by atoms with Gasteiger partial charge in [-0.3, -0.25) is 14.6 Å². The van der Waals surface area contributed by atoms with Gasteiger partial charge < -0.3 is 14.8 Å². The number of aromatic amines is 1. The van der Waals surface area contributed by atoms with Crippen molar-refractivity contribution in [3.05, 3.63) is 59.7 Å². The Hall–Kier alpha value is -3.22. The van der Waals surface area contributed by atoms with Crippen molar-refractivity contribution >= 4 is 22.8 Å². The summed E-state index contributed by atoms with van der Waals surface area (Å²) in [4.78, 5) is 42.3. The molecule has 2 amide bonds. The molecule has 1 atom stereocenters. The molecule has 2 fully saturated rings. The molecule has 7 nitrogen and oxygen atoms in total. The summed E-state index contributed by atoms with van der Waals surface area (Å²) in [5.41, 5.74) is 3.53. The van der Waals surface area contributed by atoms with Crippen LogP contribution in [-0.4, -0.2) is 56.2 Å². The normalized spacial score (nSPS) is 19.8. The van der Waals surface area contributed by atoms with Gasteiger partial charge in [0.05, 0.1) is 23.3 Å². The number of aryl methyl sites for hydroxylation is 1. The van der Waals surface area contributed by atoms with Crippen molar-refractivity contribution in [3.63, 3.8) is 0 Å². The fraction of sp³-hybridized carbons (Fsp3) is 0.417. The predicted molar refractivity (Wildman–Crippen MR) is 117 cm³/mol. The number of rotatable bonds is 3. The summed E-state index contributed by atoms with van der Waals surface area (Å²) in [6.07, 6.45) is 6.83. The lowest BCUT2D eigenvalue weighted by Gasteiger charge is -2.34. The summed E-state index contributed by atoms with van der Waals surface area (Å²) in [6.45, 7) is 3.98. The molecule has 0 bridgehead atoms. The number of hydrogen-bond acceptors (Lipinski definition) is 4. The largest absolute Gasteiger partial charge is 0.339 e. The molecule has 7 heteroatoms. The number of imidazole rings is 1. The second kappa shape index (κ2) is 8.13. The highest BCUT2D eigenvalue weighted by Gasteiger charge is 2.37. The molecule has 5 rings (SSSR count). The van der Waals surface area contributed by atoms with Crippen molar-refractivity contribution in [2.45, 2.75) is 38.6 Å². The van der Waals surface area contributed by atoms with Crippen molar-refractivity contribution in [1.82, 2.24) is 24.8 Å². The van der Waals surface area contributed by atoms with Gasteiger partial charge in [-0.15, -0.1) is 0 Å². The van der Waals surface area contributed by atoms with Gasteiger partial charge in [0.15, 0.2) is 0 Å². The molecule has 4 heterocycles. The van der Waals surface area contributed by atoms with Crippen LogP contribution >= 0.6 is 0 Å². The summed E-state index contributed by atoms with van der Waals surface area (Å²) in [7, 11) is 0. The number of H-pyrrole nitrogens is 1. The third-order valence-corrected chi connectivity index (χ3v) is 6.66. The van der Waals surface area contributed by atoms with E-state index in [-0.39, 0.29) is 23.8 Å². The molecule has 2 aliphatic heterocycles. The molecule has 2 saturated heterocycles. The molecule has 1 unspecified atom stereocenters. The molecular formula is C24H27N5O2. The molecular weight excluding hydrogens is 390 g/mol. The number of carbonyl (C=O) groups excluding carboxylic acids is 2. The minimum absolute atomic E-state index is 0.00784. The van der Waals surface area contributed by atoms with E-state index < -0.39 is 0 Å². The van der Waals surface area contributed by atoms with E-state index >= 15 is 0 Å². The van der Waals surface area contributed by atoms with Gasteiger partial charge in [0.1, 0.15) is 5.82 Å². The number of fused-ring (bicyclic) bond motifs is 1. The van der Waals surface area contributed by atoms with E-state index in [9.17, 15) is 9.59 Å². The third-order valence-electron chi connectivity index (χ3n) is 6.66. The van der Waals surface area contributed by atoms with Crippen LogP contribution in [0, 0.1) is 12.8 Å². The highest BCUT2D eigenvalue weighted by atomic mass is 16.2. The predicted octanol–water partition coefficient (Wildman–Crippen LogP) is 3.48. The van der Waals surface area contributed by atoms with Crippen LogP contribution in [0.3, 0.4) is 0 Å². The second-order valence-electron chi connectivity index (χ2n) is 8.59. The van der Waals surface area contributed by atoms with Crippen LogP contribution in [0.15, 0.2) is 42.7 Å². The summed E-state index contributed by atoms with van der Waals surface area (Å²) in [5.74, 6) is 1.08. The molecule has 3 aromatic rings. The quantitative estimate of drug-likeness (QED) is 0.707. The van der Waals surface area contributed by atoms with Gasteiger partial charge in [-0.2, -0.15) is 0 Å². The Bertz CT molecular complexity index is 1080. The standard InChI is InChI=1S/C24H27N5O2/c1-16-5-2-3-6-18(16)24(31)28-13-9-17(10-14-28)23(30)29-12-4-7-21(29)22-26-19-8-11-25-15-20(19)27-22/h2-3,5-6,8,11,15,17,21H,4,7,9-10,12-14H2,1H3,(H,26,27). The van der Waals surface area contributed by atoms with Gasteiger partial charge in [-0.05, 0) is 50.3 Å². The third kappa shape index (κ3) is 3.69. The lowest BCUT2D eigenvalue weighted by atomic mass is 9.94. The van der Waals surface area contributed by atoms with E-state index in [1.165, 1.54) is 0 Å². The first-order chi connectivity index (χ1) is 15.1. The minimum atomic E-state index is -0.0347. The molecule has 160 valence electrons. The molecule has 0 radical (unpaired) electrons. The number of amides is 2. The van der Waals surface area contributed by atoms with Crippen molar-refractivity contribution in [3.8, 4) is 0 Å². The van der Waals surface area contributed by atoms with Gasteiger partial charge in [0.25, 0.3) is 5.91 Å². The fourth-order valence-electron chi connectivity index (χ4n) is 4.90. The van der Waals surface area contributed by atoms with E-state index in [1.807, 2.05) is 47.1 Å². The summed E-state index contributed by atoms with van der Waals surface area (Å²) >= 11 is 0. The van der Waals surface area contributed by atoms with Gasteiger partial charge in [-0.25, -0.2) is 4.98 Å². The summed E-state index contributed by atoms with van der Waals surface area (Å²) in [6, 6.07) is 9.57. The molecule has 0 saturated carbocycles. The Labute approximate surface area is 181 Å². The highest BCUT2D eigenvalue weighted by molar-refractivity contribution is 5.95. The Balaban J connectivity index is 1.25. The summed E-state index contributed by atoms with van der Waals surface area (Å²) < 4.78 is 0. The Morgan fingerprint density at radius 2 is 1.87 bits per heavy atom. The molecule has 2 aromatic heterocycles. The molecule has 1 N–H and O–H groups in total. The first-order valence-corrected chi connectivity index (χ1v) is 11.1. The monoisotopic (exact) mass is 417 g/mol. The van der Waals surface area contributed by atoms with Crippen molar-refractivity contribution in [2.24, 2.45) is 5.92 Å². The number of nitrogens with one attached hydrogen (secondary N) is 1. The minimum Gasteiger partial charge on any atom is -0.339 e. The molecule has 0 spiro atoms. The van der Waals surface area contributed by atoms with E-state index in [2.05, 4.69) is 9.97 Å².